The van der Waals surface area contributed by atoms with Gasteiger partial charge in [-0.2, -0.15) is 0 Å². The van der Waals surface area contributed by atoms with Crippen LogP contribution in [0, 0.1) is 0 Å². The van der Waals surface area contributed by atoms with Crippen molar-refractivity contribution in [2.45, 2.75) is 70.6 Å². The molecule has 0 aliphatic heterocycles. The lowest BCUT2D eigenvalue weighted by atomic mass is 9.95. The minimum atomic E-state index is 0.865. The fraction of sp³-hybridized carbons (Fsp3) is 0.647. The third kappa shape index (κ3) is 3.87. The van der Waals surface area contributed by atoms with Crippen LogP contribution in [-0.2, 0) is 6.42 Å². The Balaban J connectivity index is 1.80. The molecule has 0 aromatic heterocycles. The summed E-state index contributed by atoms with van der Waals surface area (Å²) in [6, 6.07) is 9.48. The summed E-state index contributed by atoms with van der Waals surface area (Å²) in [6.45, 7) is 2.27. The quantitative estimate of drug-likeness (QED) is 0.569. The van der Waals surface area contributed by atoms with Crippen LogP contribution >= 0.6 is 0 Å². The van der Waals surface area contributed by atoms with E-state index in [1.165, 1.54) is 63.4 Å². The Kier molecular flexibility index (Phi) is 5.09. The van der Waals surface area contributed by atoms with E-state index in [0.29, 0.717) is 0 Å². The zero-order valence-corrected chi connectivity index (χ0v) is 11.3. The Hall–Kier alpha value is -0.780. The highest BCUT2D eigenvalue weighted by Gasteiger charge is 2.16. The summed E-state index contributed by atoms with van der Waals surface area (Å²) in [7, 11) is 0. The van der Waals surface area contributed by atoms with Crippen LogP contribution in [0.25, 0.3) is 0 Å². The van der Waals surface area contributed by atoms with Crippen molar-refractivity contribution < 1.29 is 0 Å². The zero-order valence-electron chi connectivity index (χ0n) is 11.3. The summed E-state index contributed by atoms with van der Waals surface area (Å²) < 4.78 is 0. The maximum atomic E-state index is 2.38. The van der Waals surface area contributed by atoms with Gasteiger partial charge >= 0.3 is 0 Å². The second kappa shape index (κ2) is 6.83. The van der Waals surface area contributed by atoms with E-state index in [-0.39, 0.29) is 0 Å². The number of unbranched alkanes of at least 4 members (excludes halogenated alkanes) is 3. The van der Waals surface area contributed by atoms with Crippen LogP contribution in [0.3, 0.4) is 0 Å². The highest BCUT2D eigenvalue weighted by atomic mass is 14.2. The second-order valence-electron chi connectivity index (χ2n) is 5.53. The van der Waals surface area contributed by atoms with E-state index < -0.39 is 0 Å². The Bertz CT molecular complexity index is 303. The molecule has 1 saturated carbocycles. The minimum Gasteiger partial charge on any atom is -0.0654 e. The number of hydrogen-bond donors (Lipinski definition) is 0. The highest BCUT2D eigenvalue weighted by molar-refractivity contribution is 5.26. The Morgan fingerprint density at radius 2 is 1.65 bits per heavy atom. The van der Waals surface area contributed by atoms with Crippen LogP contribution in [-0.4, -0.2) is 0 Å². The van der Waals surface area contributed by atoms with Gasteiger partial charge in [0, 0.05) is 0 Å². The first-order chi connectivity index (χ1) is 8.40. The zero-order chi connectivity index (χ0) is 11.9. The summed E-state index contributed by atoms with van der Waals surface area (Å²) in [5.74, 6) is 0.865. The molecule has 0 radical (unpaired) electrons. The first kappa shape index (κ1) is 12.7. The second-order valence-corrected chi connectivity index (χ2v) is 5.53. The summed E-state index contributed by atoms with van der Waals surface area (Å²) in [6.07, 6.45) is 12.4. The molecule has 0 unspecified atom stereocenters. The van der Waals surface area contributed by atoms with Crippen LogP contribution in [0.5, 0.6) is 0 Å². The van der Waals surface area contributed by atoms with Gasteiger partial charge in [0.1, 0.15) is 0 Å². The normalized spacial score (nSPS) is 16.5. The third-order valence-electron chi connectivity index (χ3n) is 4.13. The lowest BCUT2D eigenvalue weighted by molar-refractivity contribution is 0.666. The molecule has 0 nitrogen and oxygen atoms in total. The molecule has 0 bridgehead atoms. The van der Waals surface area contributed by atoms with Crippen molar-refractivity contribution in [2.24, 2.45) is 0 Å². The summed E-state index contributed by atoms with van der Waals surface area (Å²) in [4.78, 5) is 0. The molecule has 0 heterocycles. The fourth-order valence-electron chi connectivity index (χ4n) is 2.97. The van der Waals surface area contributed by atoms with E-state index in [1.54, 1.807) is 5.56 Å². The van der Waals surface area contributed by atoms with Gasteiger partial charge in [-0.1, -0.05) is 63.3 Å². The van der Waals surface area contributed by atoms with E-state index in [2.05, 4.69) is 31.2 Å². The third-order valence-corrected chi connectivity index (χ3v) is 4.13. The van der Waals surface area contributed by atoms with Gasteiger partial charge in [0.15, 0.2) is 0 Å². The van der Waals surface area contributed by atoms with Crippen LogP contribution in [0.1, 0.15) is 75.3 Å². The minimum absolute atomic E-state index is 0.865. The van der Waals surface area contributed by atoms with Crippen LogP contribution in [0.15, 0.2) is 24.3 Å². The van der Waals surface area contributed by atoms with Crippen LogP contribution in [0.4, 0.5) is 0 Å². The Morgan fingerprint density at radius 1 is 0.941 bits per heavy atom. The molecule has 0 spiro atoms. The van der Waals surface area contributed by atoms with E-state index in [1.807, 2.05) is 0 Å². The topological polar surface area (TPSA) is 0 Å². The van der Waals surface area contributed by atoms with Crippen LogP contribution in [0.2, 0.25) is 0 Å². The first-order valence-corrected chi connectivity index (χ1v) is 7.49. The average Bonchev–Trinajstić information content (AvgIpc) is 2.89. The smallest absolute Gasteiger partial charge is 0.0162 e. The van der Waals surface area contributed by atoms with Gasteiger partial charge in [0.05, 0.1) is 0 Å². The van der Waals surface area contributed by atoms with Gasteiger partial charge in [-0.25, -0.2) is 0 Å². The summed E-state index contributed by atoms with van der Waals surface area (Å²) in [5.41, 5.74) is 3.11. The van der Waals surface area contributed by atoms with Crippen LogP contribution < -0.4 is 0 Å². The standard InChI is InChI=1S/C17H26/c1-2-3-4-5-8-15-11-13-17(14-12-15)16-9-6-7-10-16/h11-14,16H,2-10H2,1H3. The molecule has 1 aliphatic carbocycles. The van der Waals surface area contributed by atoms with Gasteiger partial charge in [-0.05, 0) is 42.7 Å². The van der Waals surface area contributed by atoms with Crippen molar-refractivity contribution in [3.8, 4) is 0 Å². The number of aryl methyl sites for hydroxylation is 1. The van der Waals surface area contributed by atoms with Crippen molar-refractivity contribution in [1.82, 2.24) is 0 Å². The van der Waals surface area contributed by atoms with Gasteiger partial charge in [-0.15, -0.1) is 0 Å². The predicted molar refractivity (Wildman–Crippen MR) is 75.5 cm³/mol. The maximum absolute atomic E-state index is 2.38. The Labute approximate surface area is 106 Å². The van der Waals surface area contributed by atoms with E-state index in [9.17, 15) is 0 Å². The Morgan fingerprint density at radius 3 is 2.29 bits per heavy atom. The van der Waals surface area contributed by atoms with Crippen molar-refractivity contribution in [3.05, 3.63) is 35.4 Å². The molecule has 1 aromatic rings. The number of benzene rings is 1. The van der Waals surface area contributed by atoms with Crippen molar-refractivity contribution in [2.75, 3.05) is 0 Å². The lowest BCUT2D eigenvalue weighted by Crippen LogP contribution is -1.93. The van der Waals surface area contributed by atoms with Crippen molar-refractivity contribution in [1.29, 1.82) is 0 Å². The molecule has 0 N–H and O–H groups in total. The summed E-state index contributed by atoms with van der Waals surface area (Å²) >= 11 is 0. The fourth-order valence-corrected chi connectivity index (χ4v) is 2.97. The van der Waals surface area contributed by atoms with E-state index in [0.717, 1.165) is 5.92 Å². The monoisotopic (exact) mass is 230 g/mol. The molecule has 2 rings (SSSR count). The average molecular weight is 230 g/mol. The van der Waals surface area contributed by atoms with Crippen molar-refractivity contribution >= 4 is 0 Å². The molecule has 1 aliphatic rings. The van der Waals surface area contributed by atoms with Gasteiger partial charge < -0.3 is 0 Å². The molecule has 1 aromatic carbocycles. The van der Waals surface area contributed by atoms with Crippen molar-refractivity contribution in [3.63, 3.8) is 0 Å². The van der Waals surface area contributed by atoms with E-state index >= 15 is 0 Å². The lowest BCUT2D eigenvalue weighted by Gasteiger charge is -2.10. The molecule has 17 heavy (non-hydrogen) atoms. The maximum Gasteiger partial charge on any atom is -0.0162 e. The first-order valence-electron chi connectivity index (χ1n) is 7.49. The van der Waals surface area contributed by atoms with E-state index in [4.69, 9.17) is 0 Å². The molecule has 0 amide bonds. The molecule has 94 valence electrons. The molecular weight excluding hydrogens is 204 g/mol. The SMILES string of the molecule is CCCCCCc1ccc(C2CCCC2)cc1. The van der Waals surface area contributed by atoms with Gasteiger partial charge in [0.2, 0.25) is 0 Å². The molecule has 0 heteroatoms. The largest absolute Gasteiger partial charge is 0.0654 e. The molecule has 1 fully saturated rings. The predicted octanol–water partition coefficient (Wildman–Crippen LogP) is 5.47. The molecule has 0 saturated heterocycles. The summed E-state index contributed by atoms with van der Waals surface area (Å²) in [5, 5.41) is 0. The molecule has 0 atom stereocenters. The number of hydrogen-bond acceptors (Lipinski definition) is 0. The van der Waals surface area contributed by atoms with Gasteiger partial charge in [0.25, 0.3) is 0 Å². The number of rotatable bonds is 6. The molecular formula is C17H26. The highest BCUT2D eigenvalue weighted by Crippen LogP contribution is 2.34. The van der Waals surface area contributed by atoms with Gasteiger partial charge in [-0.3, -0.25) is 0 Å².